The molecule has 33 heavy (non-hydrogen) atoms. The summed E-state index contributed by atoms with van der Waals surface area (Å²) < 4.78 is 0. The van der Waals surface area contributed by atoms with E-state index in [1.807, 2.05) is 26.0 Å². The molecule has 2 heterocycles. The number of pyridine rings is 1. The quantitative estimate of drug-likeness (QED) is 0.358. The highest BCUT2D eigenvalue weighted by Gasteiger charge is 2.47. The number of aryl methyl sites for hydroxylation is 2. The highest BCUT2D eigenvalue weighted by molar-refractivity contribution is 6.51. The molecule has 1 atom stereocenters. The van der Waals surface area contributed by atoms with Gasteiger partial charge in [0.05, 0.1) is 11.6 Å². The zero-order valence-corrected chi connectivity index (χ0v) is 18.5. The van der Waals surface area contributed by atoms with Crippen LogP contribution in [0.25, 0.3) is 5.76 Å². The summed E-state index contributed by atoms with van der Waals surface area (Å²) in [6, 6.07) is 14.8. The van der Waals surface area contributed by atoms with E-state index in [2.05, 4.69) is 10.3 Å². The van der Waals surface area contributed by atoms with E-state index in [0.29, 0.717) is 22.5 Å². The highest BCUT2D eigenvalue weighted by Crippen LogP contribution is 2.42. The number of ketones is 1. The average molecular weight is 441 g/mol. The summed E-state index contributed by atoms with van der Waals surface area (Å²) in [5.41, 5.74) is 3.66. The molecule has 0 saturated carbocycles. The normalized spacial score (nSPS) is 17.3. The molecule has 2 aromatic carbocycles. The Balaban J connectivity index is 1.94. The second-order valence-corrected chi connectivity index (χ2v) is 8.01. The summed E-state index contributed by atoms with van der Waals surface area (Å²) in [4.78, 5) is 43.5. The van der Waals surface area contributed by atoms with Crippen molar-refractivity contribution in [2.24, 2.45) is 0 Å². The number of Topliss-reactive ketones (excluding diaryl/α,β-unsaturated/α-hetero) is 1. The van der Waals surface area contributed by atoms with Gasteiger partial charge in [-0.25, -0.2) is 0 Å². The molecule has 0 spiro atoms. The molecule has 0 aliphatic carbocycles. The standard InChI is InChI=1S/C26H23N3O4/c1-15-9-10-16(2)21(12-15)24(31)22-23(18-6-5-11-27-14-18)29(26(33)25(22)32)20-8-4-7-19(13-20)28-17(3)30/h4-14,23,31H,1-3H3,(H,28,30)/b24-22+. The first-order valence-corrected chi connectivity index (χ1v) is 10.4. The number of benzene rings is 2. The summed E-state index contributed by atoms with van der Waals surface area (Å²) >= 11 is 0. The molecule has 1 saturated heterocycles. The van der Waals surface area contributed by atoms with Crippen LogP contribution in [0.4, 0.5) is 11.4 Å². The Kier molecular flexibility index (Phi) is 5.79. The van der Waals surface area contributed by atoms with E-state index in [-0.39, 0.29) is 17.2 Å². The maximum Gasteiger partial charge on any atom is 0.300 e. The zero-order valence-electron chi connectivity index (χ0n) is 18.5. The average Bonchev–Trinajstić information content (AvgIpc) is 3.06. The lowest BCUT2D eigenvalue weighted by atomic mass is 9.94. The maximum atomic E-state index is 13.2. The lowest BCUT2D eigenvalue weighted by Gasteiger charge is -2.25. The van der Waals surface area contributed by atoms with Gasteiger partial charge < -0.3 is 10.4 Å². The van der Waals surface area contributed by atoms with Crippen molar-refractivity contribution in [1.82, 2.24) is 4.98 Å². The molecule has 0 radical (unpaired) electrons. The topological polar surface area (TPSA) is 99.6 Å². The van der Waals surface area contributed by atoms with E-state index in [1.165, 1.54) is 11.8 Å². The Labute approximate surface area is 191 Å². The fraction of sp³-hybridized carbons (Fsp3) is 0.154. The molecular formula is C26H23N3O4. The summed E-state index contributed by atoms with van der Waals surface area (Å²) in [5, 5.41) is 14.0. The van der Waals surface area contributed by atoms with E-state index < -0.39 is 17.7 Å². The zero-order chi connectivity index (χ0) is 23.7. The number of nitrogens with zero attached hydrogens (tertiary/aromatic N) is 2. The van der Waals surface area contributed by atoms with Gasteiger partial charge in [0, 0.05) is 36.3 Å². The van der Waals surface area contributed by atoms with Gasteiger partial charge in [0.1, 0.15) is 5.76 Å². The first-order valence-electron chi connectivity index (χ1n) is 10.4. The van der Waals surface area contributed by atoms with Gasteiger partial charge in [-0.2, -0.15) is 0 Å². The number of carbonyl (C=O) groups excluding carboxylic acids is 3. The largest absolute Gasteiger partial charge is 0.507 e. The van der Waals surface area contributed by atoms with E-state index in [0.717, 1.165) is 11.1 Å². The minimum atomic E-state index is -0.883. The molecule has 2 N–H and O–H groups in total. The molecule has 2 amide bonds. The van der Waals surface area contributed by atoms with Crippen LogP contribution in [-0.4, -0.2) is 27.7 Å². The summed E-state index contributed by atoms with van der Waals surface area (Å²) in [5.74, 6) is -2.04. The molecule has 0 bridgehead atoms. The molecule has 4 rings (SSSR count). The van der Waals surface area contributed by atoms with Crippen molar-refractivity contribution in [3.8, 4) is 0 Å². The Morgan fingerprint density at radius 1 is 1.06 bits per heavy atom. The van der Waals surface area contributed by atoms with Crippen LogP contribution in [0.1, 0.15) is 35.2 Å². The van der Waals surface area contributed by atoms with Crippen LogP contribution in [0, 0.1) is 13.8 Å². The van der Waals surface area contributed by atoms with Gasteiger partial charge in [0.15, 0.2) is 0 Å². The third kappa shape index (κ3) is 4.13. The number of aromatic nitrogens is 1. The summed E-state index contributed by atoms with van der Waals surface area (Å²) in [7, 11) is 0. The Morgan fingerprint density at radius 2 is 1.85 bits per heavy atom. The number of hydrogen-bond donors (Lipinski definition) is 2. The van der Waals surface area contributed by atoms with Gasteiger partial charge in [-0.3, -0.25) is 24.3 Å². The van der Waals surface area contributed by atoms with Gasteiger partial charge in [-0.15, -0.1) is 0 Å². The van der Waals surface area contributed by atoms with E-state index in [4.69, 9.17) is 0 Å². The predicted molar refractivity (Wildman–Crippen MR) is 126 cm³/mol. The second-order valence-electron chi connectivity index (χ2n) is 8.01. The number of amides is 2. The Morgan fingerprint density at radius 3 is 2.55 bits per heavy atom. The highest BCUT2D eigenvalue weighted by atomic mass is 16.3. The predicted octanol–water partition coefficient (Wildman–Crippen LogP) is 4.28. The molecule has 1 fully saturated rings. The first kappa shape index (κ1) is 22.0. The number of carbonyl (C=O) groups is 3. The van der Waals surface area contributed by atoms with Crippen LogP contribution >= 0.6 is 0 Å². The summed E-state index contributed by atoms with van der Waals surface area (Å²) in [6.45, 7) is 5.11. The monoisotopic (exact) mass is 441 g/mol. The SMILES string of the molecule is CC(=O)Nc1cccc(N2C(=O)C(=O)/C(=C(/O)c3cc(C)ccc3C)C2c2cccnc2)c1. The molecule has 7 nitrogen and oxygen atoms in total. The van der Waals surface area contributed by atoms with Crippen molar-refractivity contribution in [2.75, 3.05) is 10.2 Å². The van der Waals surface area contributed by atoms with Crippen LogP contribution in [0.15, 0.2) is 72.6 Å². The smallest absolute Gasteiger partial charge is 0.300 e. The van der Waals surface area contributed by atoms with Crippen LogP contribution in [0.2, 0.25) is 0 Å². The van der Waals surface area contributed by atoms with E-state index in [1.54, 1.807) is 54.9 Å². The lowest BCUT2D eigenvalue weighted by Crippen LogP contribution is -2.29. The summed E-state index contributed by atoms with van der Waals surface area (Å²) in [6.07, 6.45) is 3.16. The van der Waals surface area contributed by atoms with Crippen LogP contribution in [-0.2, 0) is 14.4 Å². The van der Waals surface area contributed by atoms with Crippen molar-refractivity contribution >= 4 is 34.7 Å². The van der Waals surface area contributed by atoms with Gasteiger partial charge in [-0.1, -0.05) is 29.8 Å². The molecule has 166 valence electrons. The molecular weight excluding hydrogens is 418 g/mol. The van der Waals surface area contributed by atoms with Crippen molar-refractivity contribution < 1.29 is 19.5 Å². The number of nitrogens with one attached hydrogen (secondary N) is 1. The molecule has 1 aliphatic rings. The molecule has 1 aromatic heterocycles. The van der Waals surface area contributed by atoms with Crippen molar-refractivity contribution in [2.45, 2.75) is 26.8 Å². The molecule has 7 heteroatoms. The number of aliphatic hydroxyl groups is 1. The number of anilines is 2. The maximum absolute atomic E-state index is 13.2. The van der Waals surface area contributed by atoms with Crippen molar-refractivity contribution in [1.29, 1.82) is 0 Å². The fourth-order valence-corrected chi connectivity index (χ4v) is 4.02. The van der Waals surface area contributed by atoms with Gasteiger partial charge in [0.25, 0.3) is 11.7 Å². The Bertz CT molecular complexity index is 1300. The molecule has 1 unspecified atom stereocenters. The molecule has 3 aromatic rings. The van der Waals surface area contributed by atoms with E-state index in [9.17, 15) is 19.5 Å². The van der Waals surface area contributed by atoms with Crippen molar-refractivity contribution in [3.05, 3.63) is 94.8 Å². The third-order valence-corrected chi connectivity index (χ3v) is 5.54. The first-order chi connectivity index (χ1) is 15.8. The number of aliphatic hydroxyl groups excluding tert-OH is 1. The van der Waals surface area contributed by atoms with Crippen LogP contribution in [0.5, 0.6) is 0 Å². The van der Waals surface area contributed by atoms with Gasteiger partial charge in [0.2, 0.25) is 5.91 Å². The third-order valence-electron chi connectivity index (χ3n) is 5.54. The minimum Gasteiger partial charge on any atom is -0.507 e. The van der Waals surface area contributed by atoms with Crippen LogP contribution < -0.4 is 10.2 Å². The number of hydrogen-bond acceptors (Lipinski definition) is 5. The molecule has 1 aliphatic heterocycles. The fourth-order valence-electron chi connectivity index (χ4n) is 4.02. The minimum absolute atomic E-state index is 0.00775. The Hall–Kier alpha value is -4.26. The van der Waals surface area contributed by atoms with E-state index >= 15 is 0 Å². The number of rotatable bonds is 4. The van der Waals surface area contributed by atoms with Gasteiger partial charge in [-0.05, 0) is 55.3 Å². The van der Waals surface area contributed by atoms with Crippen molar-refractivity contribution in [3.63, 3.8) is 0 Å². The van der Waals surface area contributed by atoms with Crippen LogP contribution in [0.3, 0.4) is 0 Å². The van der Waals surface area contributed by atoms with Gasteiger partial charge >= 0.3 is 0 Å². The lowest BCUT2D eigenvalue weighted by molar-refractivity contribution is -0.132. The second kappa shape index (κ2) is 8.70.